The second-order valence-electron chi connectivity index (χ2n) is 6.23. The molecule has 2 unspecified atom stereocenters. The molecule has 26 heavy (non-hydrogen) atoms. The molecule has 0 saturated heterocycles. The maximum atomic E-state index is 12.6. The van der Waals surface area contributed by atoms with Crippen molar-refractivity contribution in [3.63, 3.8) is 0 Å². The van der Waals surface area contributed by atoms with Crippen molar-refractivity contribution < 1.29 is 9.59 Å². The van der Waals surface area contributed by atoms with Gasteiger partial charge in [-0.2, -0.15) is 5.26 Å². The van der Waals surface area contributed by atoms with Crippen molar-refractivity contribution in [1.82, 2.24) is 10.6 Å². The van der Waals surface area contributed by atoms with E-state index in [0.717, 1.165) is 12.0 Å². The number of hydrogen-bond acceptors (Lipinski definition) is 3. The van der Waals surface area contributed by atoms with Gasteiger partial charge >= 0.3 is 0 Å². The SMILES string of the molecule is CCC(C)C(NC(=O)c1ccccc1)C(=O)NCc1cccc(C#N)c1. The zero-order valence-corrected chi connectivity index (χ0v) is 15.0. The molecule has 0 aromatic heterocycles. The van der Waals surface area contributed by atoms with Crippen LogP contribution in [0, 0.1) is 17.2 Å². The van der Waals surface area contributed by atoms with Gasteiger partial charge in [0.2, 0.25) is 5.91 Å². The third kappa shape index (κ3) is 5.18. The molecule has 5 nitrogen and oxygen atoms in total. The number of nitrogens with zero attached hydrogens (tertiary/aromatic N) is 1. The minimum atomic E-state index is -0.619. The smallest absolute Gasteiger partial charge is 0.251 e. The molecule has 2 amide bonds. The van der Waals surface area contributed by atoms with E-state index in [0.29, 0.717) is 17.7 Å². The maximum Gasteiger partial charge on any atom is 0.251 e. The summed E-state index contributed by atoms with van der Waals surface area (Å²) in [5, 5.41) is 14.7. The minimum absolute atomic E-state index is 0.00638. The minimum Gasteiger partial charge on any atom is -0.350 e. The van der Waals surface area contributed by atoms with Crippen molar-refractivity contribution >= 4 is 11.8 Å². The van der Waals surface area contributed by atoms with Gasteiger partial charge in [-0.15, -0.1) is 0 Å². The Labute approximate surface area is 154 Å². The summed E-state index contributed by atoms with van der Waals surface area (Å²) in [5.74, 6) is -0.503. The molecule has 0 aliphatic carbocycles. The second kappa shape index (κ2) is 9.38. The molecule has 0 radical (unpaired) electrons. The van der Waals surface area contributed by atoms with Crippen molar-refractivity contribution in [1.29, 1.82) is 5.26 Å². The first-order chi connectivity index (χ1) is 12.5. The Morgan fingerprint density at radius 3 is 2.50 bits per heavy atom. The van der Waals surface area contributed by atoms with Crippen molar-refractivity contribution in [2.45, 2.75) is 32.9 Å². The highest BCUT2D eigenvalue weighted by Crippen LogP contribution is 2.11. The van der Waals surface area contributed by atoms with Gasteiger partial charge in [-0.1, -0.05) is 50.6 Å². The molecule has 0 heterocycles. The summed E-state index contributed by atoms with van der Waals surface area (Å²) < 4.78 is 0. The third-order valence-electron chi connectivity index (χ3n) is 4.34. The molecule has 5 heteroatoms. The van der Waals surface area contributed by atoms with Crippen LogP contribution in [0.3, 0.4) is 0 Å². The van der Waals surface area contributed by atoms with Gasteiger partial charge in [0.1, 0.15) is 6.04 Å². The summed E-state index contributed by atoms with van der Waals surface area (Å²) >= 11 is 0. The van der Waals surface area contributed by atoms with E-state index in [1.165, 1.54) is 0 Å². The Balaban J connectivity index is 2.04. The summed E-state index contributed by atoms with van der Waals surface area (Å²) in [4.78, 5) is 25.1. The van der Waals surface area contributed by atoms with Crippen LogP contribution in [0.1, 0.15) is 41.8 Å². The lowest BCUT2D eigenvalue weighted by molar-refractivity contribution is -0.124. The van der Waals surface area contributed by atoms with Crippen LogP contribution in [0.5, 0.6) is 0 Å². The molecule has 0 aliphatic rings. The Bertz CT molecular complexity index is 796. The van der Waals surface area contributed by atoms with Crippen molar-refractivity contribution in [2.24, 2.45) is 5.92 Å². The predicted octanol–water partition coefficient (Wildman–Crippen LogP) is 3.02. The average molecular weight is 349 g/mol. The van der Waals surface area contributed by atoms with Crippen LogP contribution in [0.25, 0.3) is 0 Å². The summed E-state index contributed by atoms with van der Waals surface area (Å²) in [7, 11) is 0. The molecule has 134 valence electrons. The molecule has 0 saturated carbocycles. The van der Waals surface area contributed by atoms with Gasteiger partial charge in [-0.05, 0) is 35.7 Å². The van der Waals surface area contributed by atoms with E-state index in [2.05, 4.69) is 16.7 Å². The number of nitriles is 1. The zero-order valence-electron chi connectivity index (χ0n) is 15.0. The molecule has 0 bridgehead atoms. The first-order valence-electron chi connectivity index (χ1n) is 8.67. The molecule has 2 N–H and O–H groups in total. The fraction of sp³-hybridized carbons (Fsp3) is 0.286. The van der Waals surface area contributed by atoms with Crippen molar-refractivity contribution in [3.8, 4) is 6.07 Å². The number of rotatable bonds is 7. The lowest BCUT2D eigenvalue weighted by Crippen LogP contribution is -2.50. The fourth-order valence-electron chi connectivity index (χ4n) is 2.57. The quantitative estimate of drug-likeness (QED) is 0.806. The highest BCUT2D eigenvalue weighted by Gasteiger charge is 2.26. The number of amides is 2. The fourth-order valence-corrected chi connectivity index (χ4v) is 2.57. The van der Waals surface area contributed by atoms with E-state index >= 15 is 0 Å². The van der Waals surface area contributed by atoms with Crippen LogP contribution >= 0.6 is 0 Å². The van der Waals surface area contributed by atoms with Crippen molar-refractivity contribution in [3.05, 3.63) is 71.3 Å². The first kappa shape index (κ1) is 19.2. The van der Waals surface area contributed by atoms with E-state index < -0.39 is 6.04 Å². The molecule has 2 aromatic carbocycles. The molecule has 0 fully saturated rings. The van der Waals surface area contributed by atoms with E-state index in [1.807, 2.05) is 26.0 Å². The number of carbonyl (C=O) groups excluding carboxylic acids is 2. The Morgan fingerprint density at radius 1 is 1.12 bits per heavy atom. The lowest BCUT2D eigenvalue weighted by Gasteiger charge is -2.23. The Morgan fingerprint density at radius 2 is 1.85 bits per heavy atom. The molecular weight excluding hydrogens is 326 g/mol. The van der Waals surface area contributed by atoms with Crippen molar-refractivity contribution in [2.75, 3.05) is 0 Å². The Hall–Kier alpha value is -3.13. The summed E-state index contributed by atoms with van der Waals surface area (Å²) in [5.41, 5.74) is 1.91. The van der Waals surface area contributed by atoms with Gasteiger partial charge < -0.3 is 10.6 Å². The normalized spacial score (nSPS) is 12.5. The number of carbonyl (C=O) groups is 2. The third-order valence-corrected chi connectivity index (χ3v) is 4.34. The largest absolute Gasteiger partial charge is 0.350 e. The number of benzene rings is 2. The standard InChI is InChI=1S/C21H23N3O2/c1-3-15(2)19(24-20(25)18-10-5-4-6-11-18)21(26)23-14-17-9-7-8-16(12-17)13-22/h4-12,15,19H,3,14H2,1-2H3,(H,23,26)(H,24,25). The molecule has 2 aromatic rings. The van der Waals surface area contributed by atoms with Gasteiger partial charge in [0.05, 0.1) is 11.6 Å². The zero-order chi connectivity index (χ0) is 18.9. The molecule has 0 aliphatic heterocycles. The average Bonchev–Trinajstić information content (AvgIpc) is 2.70. The number of nitrogens with one attached hydrogen (secondary N) is 2. The van der Waals surface area contributed by atoms with Gasteiger partial charge in [0.25, 0.3) is 5.91 Å². The van der Waals surface area contributed by atoms with Crippen LogP contribution in [-0.4, -0.2) is 17.9 Å². The van der Waals surface area contributed by atoms with E-state index in [-0.39, 0.29) is 17.7 Å². The van der Waals surface area contributed by atoms with Crippen LogP contribution in [0.2, 0.25) is 0 Å². The molecular formula is C21H23N3O2. The van der Waals surface area contributed by atoms with Crippen LogP contribution in [0.4, 0.5) is 0 Å². The van der Waals surface area contributed by atoms with Crippen LogP contribution < -0.4 is 10.6 Å². The van der Waals surface area contributed by atoms with Gasteiger partial charge in [0.15, 0.2) is 0 Å². The van der Waals surface area contributed by atoms with E-state index in [1.54, 1.807) is 42.5 Å². The highest BCUT2D eigenvalue weighted by atomic mass is 16.2. The summed E-state index contributed by atoms with van der Waals surface area (Å²) in [6, 6.07) is 17.4. The lowest BCUT2D eigenvalue weighted by atomic mass is 9.97. The van der Waals surface area contributed by atoms with E-state index in [9.17, 15) is 9.59 Å². The van der Waals surface area contributed by atoms with Crippen LogP contribution in [-0.2, 0) is 11.3 Å². The van der Waals surface area contributed by atoms with Gasteiger partial charge in [-0.25, -0.2) is 0 Å². The van der Waals surface area contributed by atoms with Crippen LogP contribution in [0.15, 0.2) is 54.6 Å². The van der Waals surface area contributed by atoms with E-state index in [4.69, 9.17) is 5.26 Å². The summed E-state index contributed by atoms with van der Waals surface area (Å²) in [6.45, 7) is 4.23. The first-order valence-corrected chi connectivity index (χ1v) is 8.67. The highest BCUT2D eigenvalue weighted by molar-refractivity contribution is 5.97. The topological polar surface area (TPSA) is 82.0 Å². The van der Waals surface area contributed by atoms with Gasteiger partial charge in [0, 0.05) is 12.1 Å². The second-order valence-corrected chi connectivity index (χ2v) is 6.23. The molecule has 2 atom stereocenters. The van der Waals surface area contributed by atoms with Gasteiger partial charge in [-0.3, -0.25) is 9.59 Å². The monoisotopic (exact) mass is 349 g/mol. The molecule has 2 rings (SSSR count). The Kier molecular flexibility index (Phi) is 6.92. The number of hydrogen-bond donors (Lipinski definition) is 2. The predicted molar refractivity (Wildman–Crippen MR) is 100 cm³/mol. The summed E-state index contributed by atoms with van der Waals surface area (Å²) in [6.07, 6.45) is 0.761. The maximum absolute atomic E-state index is 12.6. The molecule has 0 spiro atoms.